The number of benzene rings is 1. The summed E-state index contributed by atoms with van der Waals surface area (Å²) < 4.78 is 5.45. The smallest absolute Gasteiger partial charge is 0.220 e. The Morgan fingerprint density at radius 1 is 1.43 bits per heavy atom. The third kappa shape index (κ3) is 5.56. The van der Waals surface area contributed by atoms with Crippen LogP contribution in [0.25, 0.3) is 0 Å². The number of amides is 1. The molecule has 118 valence electrons. The van der Waals surface area contributed by atoms with Gasteiger partial charge in [0.2, 0.25) is 5.91 Å². The van der Waals surface area contributed by atoms with Crippen LogP contribution in [0.3, 0.4) is 0 Å². The monoisotopic (exact) mass is 312 g/mol. The molecule has 3 N–H and O–H groups in total. The highest BCUT2D eigenvalue weighted by molar-refractivity contribution is 5.85. The van der Waals surface area contributed by atoms with E-state index < -0.39 is 0 Å². The lowest BCUT2D eigenvalue weighted by molar-refractivity contribution is -0.122. The summed E-state index contributed by atoms with van der Waals surface area (Å²) in [6, 6.07) is 8.02. The molecule has 1 fully saturated rings. The van der Waals surface area contributed by atoms with Crippen LogP contribution in [0.5, 0.6) is 5.75 Å². The average Bonchev–Trinajstić information content (AvgIpc) is 2.83. The van der Waals surface area contributed by atoms with Crippen LogP contribution in [0.4, 0.5) is 0 Å². The van der Waals surface area contributed by atoms with Crippen LogP contribution in [0.2, 0.25) is 0 Å². The molecule has 1 aliphatic rings. The Labute approximate surface area is 132 Å². The summed E-state index contributed by atoms with van der Waals surface area (Å²) in [5.41, 5.74) is 7.05. The van der Waals surface area contributed by atoms with E-state index in [0.29, 0.717) is 25.5 Å². The maximum atomic E-state index is 11.9. The normalized spacial score (nSPS) is 20.7. The lowest BCUT2D eigenvalue weighted by Crippen LogP contribution is -2.31. The summed E-state index contributed by atoms with van der Waals surface area (Å²) in [6.45, 7) is 3.15. The third-order valence-electron chi connectivity index (χ3n) is 3.86. The largest absolute Gasteiger partial charge is 0.494 e. The molecule has 0 saturated heterocycles. The minimum atomic E-state index is 0. The average molecular weight is 313 g/mol. The molecule has 21 heavy (non-hydrogen) atoms. The molecule has 0 heterocycles. The van der Waals surface area contributed by atoms with Crippen molar-refractivity contribution in [2.45, 2.75) is 45.2 Å². The topological polar surface area (TPSA) is 64.3 Å². The van der Waals surface area contributed by atoms with E-state index in [0.717, 1.165) is 30.6 Å². The Hall–Kier alpha value is -1.26. The summed E-state index contributed by atoms with van der Waals surface area (Å²) in [5, 5.41) is 2.97. The molecule has 0 radical (unpaired) electrons. The molecule has 5 heteroatoms. The van der Waals surface area contributed by atoms with Gasteiger partial charge in [-0.1, -0.05) is 18.6 Å². The molecule has 1 aromatic rings. The van der Waals surface area contributed by atoms with Gasteiger partial charge in [-0.15, -0.1) is 12.4 Å². The van der Waals surface area contributed by atoms with Gasteiger partial charge in [-0.05, 0) is 43.4 Å². The van der Waals surface area contributed by atoms with Gasteiger partial charge in [0.15, 0.2) is 0 Å². The number of carbonyl (C=O) groups excluding carboxylic acids is 1. The molecule has 1 aromatic carbocycles. The van der Waals surface area contributed by atoms with E-state index in [1.54, 1.807) is 0 Å². The van der Waals surface area contributed by atoms with Gasteiger partial charge in [0.1, 0.15) is 5.75 Å². The molecule has 2 atom stereocenters. The van der Waals surface area contributed by atoms with Gasteiger partial charge in [-0.25, -0.2) is 0 Å². The zero-order chi connectivity index (χ0) is 14.4. The fourth-order valence-corrected chi connectivity index (χ4v) is 2.74. The molecule has 1 aliphatic carbocycles. The van der Waals surface area contributed by atoms with Gasteiger partial charge in [-0.3, -0.25) is 4.79 Å². The van der Waals surface area contributed by atoms with Gasteiger partial charge in [0.25, 0.3) is 0 Å². The molecule has 0 bridgehead atoms. The maximum Gasteiger partial charge on any atom is 0.220 e. The number of ether oxygens (including phenoxy) is 1. The van der Waals surface area contributed by atoms with Gasteiger partial charge < -0.3 is 15.8 Å². The minimum absolute atomic E-state index is 0. The lowest BCUT2D eigenvalue weighted by atomic mass is 10.00. The van der Waals surface area contributed by atoms with Crippen molar-refractivity contribution < 1.29 is 9.53 Å². The first kappa shape index (κ1) is 17.8. The first-order valence-corrected chi connectivity index (χ1v) is 7.43. The van der Waals surface area contributed by atoms with Crippen molar-refractivity contribution >= 4 is 18.3 Å². The maximum absolute atomic E-state index is 11.9. The van der Waals surface area contributed by atoms with Crippen LogP contribution in [0, 0.1) is 5.92 Å². The number of rotatable bonds is 6. The van der Waals surface area contributed by atoms with Crippen molar-refractivity contribution in [2.75, 3.05) is 6.61 Å². The second-order valence-corrected chi connectivity index (χ2v) is 5.42. The fraction of sp³-hybridized carbons (Fsp3) is 0.562. The molecule has 0 spiro atoms. The van der Waals surface area contributed by atoms with E-state index in [-0.39, 0.29) is 24.4 Å². The van der Waals surface area contributed by atoms with Crippen molar-refractivity contribution in [3.8, 4) is 5.75 Å². The van der Waals surface area contributed by atoms with Gasteiger partial charge in [0.05, 0.1) is 6.61 Å². The van der Waals surface area contributed by atoms with Gasteiger partial charge in [-0.2, -0.15) is 0 Å². The van der Waals surface area contributed by atoms with Crippen molar-refractivity contribution in [3.63, 3.8) is 0 Å². The molecule has 1 amide bonds. The van der Waals surface area contributed by atoms with E-state index >= 15 is 0 Å². The highest BCUT2D eigenvalue weighted by Gasteiger charge is 2.25. The number of halogens is 1. The zero-order valence-electron chi connectivity index (χ0n) is 12.5. The molecule has 1 saturated carbocycles. The highest BCUT2D eigenvalue weighted by atomic mass is 35.5. The van der Waals surface area contributed by atoms with Crippen LogP contribution in [0.15, 0.2) is 24.3 Å². The van der Waals surface area contributed by atoms with Crippen LogP contribution < -0.4 is 15.8 Å². The Morgan fingerprint density at radius 2 is 2.24 bits per heavy atom. The zero-order valence-corrected chi connectivity index (χ0v) is 13.3. The SMILES string of the molecule is CCOc1cccc(CNC(=O)C[C@@H]2CCC[C@H]2N)c1.Cl. The van der Waals surface area contributed by atoms with E-state index in [4.69, 9.17) is 10.5 Å². The summed E-state index contributed by atoms with van der Waals surface area (Å²) in [4.78, 5) is 11.9. The fourth-order valence-electron chi connectivity index (χ4n) is 2.74. The van der Waals surface area contributed by atoms with Crippen molar-refractivity contribution in [3.05, 3.63) is 29.8 Å². The minimum Gasteiger partial charge on any atom is -0.494 e. The van der Waals surface area contributed by atoms with E-state index in [9.17, 15) is 4.79 Å². The third-order valence-corrected chi connectivity index (χ3v) is 3.86. The van der Waals surface area contributed by atoms with E-state index in [1.807, 2.05) is 31.2 Å². The van der Waals surface area contributed by atoms with Gasteiger partial charge in [0, 0.05) is 19.0 Å². The van der Waals surface area contributed by atoms with Crippen LogP contribution in [-0.4, -0.2) is 18.6 Å². The second-order valence-electron chi connectivity index (χ2n) is 5.42. The van der Waals surface area contributed by atoms with Crippen molar-refractivity contribution in [1.29, 1.82) is 0 Å². The molecule has 0 unspecified atom stereocenters. The molecular weight excluding hydrogens is 288 g/mol. The molecule has 0 aromatic heterocycles. The van der Waals surface area contributed by atoms with Gasteiger partial charge >= 0.3 is 0 Å². The quantitative estimate of drug-likeness (QED) is 0.848. The molecule has 2 rings (SSSR count). The summed E-state index contributed by atoms with van der Waals surface area (Å²) >= 11 is 0. The predicted octanol–water partition coefficient (Wildman–Crippen LogP) is 2.64. The molecular formula is C16H25ClN2O2. The lowest BCUT2D eigenvalue weighted by Gasteiger charge is -2.15. The number of nitrogens with one attached hydrogen (secondary N) is 1. The first-order chi connectivity index (χ1) is 9.69. The van der Waals surface area contributed by atoms with Crippen molar-refractivity contribution in [1.82, 2.24) is 5.32 Å². The van der Waals surface area contributed by atoms with Crippen LogP contribution in [-0.2, 0) is 11.3 Å². The van der Waals surface area contributed by atoms with Crippen LogP contribution in [0.1, 0.15) is 38.2 Å². The Kier molecular flexibility index (Phi) is 7.54. The number of carbonyl (C=O) groups is 1. The first-order valence-electron chi connectivity index (χ1n) is 7.43. The number of hydrogen-bond acceptors (Lipinski definition) is 3. The molecule has 0 aliphatic heterocycles. The highest BCUT2D eigenvalue weighted by Crippen LogP contribution is 2.26. The standard InChI is InChI=1S/C16H24N2O2.ClH/c1-2-20-14-7-3-5-12(9-14)11-18-16(19)10-13-6-4-8-15(13)17;/h3,5,7,9,13,15H,2,4,6,8,10-11,17H2,1H3,(H,18,19);1H/t13-,15+;/m0./s1. The Morgan fingerprint density at radius 3 is 2.90 bits per heavy atom. The predicted molar refractivity (Wildman–Crippen MR) is 86.6 cm³/mol. The summed E-state index contributed by atoms with van der Waals surface area (Å²) in [5.74, 6) is 1.29. The van der Waals surface area contributed by atoms with E-state index in [1.165, 1.54) is 0 Å². The van der Waals surface area contributed by atoms with E-state index in [2.05, 4.69) is 5.32 Å². The van der Waals surface area contributed by atoms with Crippen molar-refractivity contribution in [2.24, 2.45) is 11.7 Å². The van der Waals surface area contributed by atoms with Crippen LogP contribution >= 0.6 is 12.4 Å². The Balaban J connectivity index is 0.00000220. The number of nitrogens with two attached hydrogens (primary N) is 1. The molecule has 4 nitrogen and oxygen atoms in total. The summed E-state index contributed by atoms with van der Waals surface area (Å²) in [7, 11) is 0. The Bertz CT molecular complexity index is 454. The number of hydrogen-bond donors (Lipinski definition) is 2. The second kappa shape index (κ2) is 8.90. The summed E-state index contributed by atoms with van der Waals surface area (Å²) in [6.07, 6.45) is 3.82.